The van der Waals surface area contributed by atoms with Crippen LogP contribution in [0.1, 0.15) is 280 Å². The standard InChI is InChI=1S/C84H106Br2N6/c1-7-13-19-23-27-31-53-83(54-32-28-24-20-14-8-2)73-57-65(45-49-69(73)71-51-47-67(85)59-75(71)83)79-87-77(63-41-37-61(38-42-63)35-17-11-5)89-81(91-79)82-90-78(64-43-39-62(40-44-64)36-18-12-6)88-80(92-82)66-46-50-70-72-52-48-68(86)60-76(72)84(74(70)58-66,55-33-29-25-21-15-9-3)56-34-30-26-22-16-10-4/h37-52,57-60H,7-36,53-56H2,1-6H3. The third-order valence-electron chi connectivity index (χ3n) is 20.5. The molecule has 0 unspecified atom stereocenters. The third kappa shape index (κ3) is 16.9. The number of fused-ring (bicyclic) bond motifs is 6. The number of unbranched alkanes of at least 4 members (excludes halogenated alkanes) is 22. The number of aryl methyl sites for hydroxylation is 2. The predicted octanol–water partition coefficient (Wildman–Crippen LogP) is 26.1. The monoisotopic (exact) mass is 1360 g/mol. The first-order valence-electron chi connectivity index (χ1n) is 36.8. The molecule has 8 heteroatoms. The van der Waals surface area contributed by atoms with Crippen LogP contribution in [0.4, 0.5) is 0 Å². The molecule has 6 nitrogen and oxygen atoms in total. The highest BCUT2D eigenvalue weighted by Crippen LogP contribution is 2.57. The number of halogens is 2. The van der Waals surface area contributed by atoms with Gasteiger partial charge in [-0.2, -0.15) is 0 Å². The largest absolute Gasteiger partial charge is 0.208 e. The smallest absolute Gasteiger partial charge is 0.202 e. The van der Waals surface area contributed by atoms with Crippen LogP contribution < -0.4 is 0 Å². The van der Waals surface area contributed by atoms with Gasteiger partial charge < -0.3 is 0 Å². The Morgan fingerprint density at radius 2 is 0.500 bits per heavy atom. The van der Waals surface area contributed by atoms with Crippen molar-refractivity contribution in [2.45, 2.75) is 271 Å². The van der Waals surface area contributed by atoms with E-state index in [1.807, 2.05) is 0 Å². The molecule has 0 saturated carbocycles. The van der Waals surface area contributed by atoms with E-state index in [-0.39, 0.29) is 10.8 Å². The molecule has 92 heavy (non-hydrogen) atoms. The summed E-state index contributed by atoms with van der Waals surface area (Å²) in [6.45, 7) is 13.8. The molecular weight excluding hydrogens is 1250 g/mol. The fourth-order valence-electron chi connectivity index (χ4n) is 15.2. The molecule has 8 aromatic rings. The van der Waals surface area contributed by atoms with Crippen molar-refractivity contribution in [3.8, 4) is 79.5 Å². The number of nitrogens with zero attached hydrogens (tertiary/aromatic N) is 6. The first-order valence-corrected chi connectivity index (χ1v) is 38.4. The van der Waals surface area contributed by atoms with Crippen molar-refractivity contribution >= 4 is 31.9 Å². The summed E-state index contributed by atoms with van der Waals surface area (Å²) in [5, 5.41) is 0. The topological polar surface area (TPSA) is 77.3 Å². The van der Waals surface area contributed by atoms with Crippen LogP contribution >= 0.6 is 31.9 Å². The molecule has 0 amide bonds. The molecule has 2 heterocycles. The van der Waals surface area contributed by atoms with E-state index in [2.05, 4.69) is 195 Å². The summed E-state index contributed by atoms with van der Waals surface area (Å²) in [6.07, 6.45) is 41.6. The molecule has 10 rings (SSSR count). The van der Waals surface area contributed by atoms with Crippen LogP contribution in [0.5, 0.6) is 0 Å². The van der Waals surface area contributed by atoms with Gasteiger partial charge in [0.15, 0.2) is 23.3 Å². The minimum absolute atomic E-state index is 0.133. The first kappa shape index (κ1) is 69.1. The number of rotatable bonds is 39. The van der Waals surface area contributed by atoms with Crippen molar-refractivity contribution in [3.05, 3.63) is 164 Å². The van der Waals surface area contributed by atoms with E-state index in [1.54, 1.807) is 0 Å². The second kappa shape index (κ2) is 34.6. The zero-order valence-corrected chi connectivity index (χ0v) is 60.2. The maximum atomic E-state index is 5.57. The Hall–Kier alpha value is -5.70. The Labute approximate surface area is 571 Å². The van der Waals surface area contributed by atoms with Gasteiger partial charge in [-0.3, -0.25) is 0 Å². The molecule has 0 aliphatic heterocycles. The van der Waals surface area contributed by atoms with Crippen LogP contribution in [0, 0.1) is 0 Å². The van der Waals surface area contributed by atoms with E-state index in [0.29, 0.717) is 34.9 Å². The zero-order chi connectivity index (χ0) is 64.1. The normalized spacial score (nSPS) is 13.3. The maximum Gasteiger partial charge on any atom is 0.202 e. The van der Waals surface area contributed by atoms with E-state index >= 15 is 0 Å². The average Bonchev–Trinajstić information content (AvgIpc) is 1.57. The summed E-state index contributed by atoms with van der Waals surface area (Å²) in [6, 6.07) is 46.2. The van der Waals surface area contributed by atoms with Gasteiger partial charge in [-0.25, -0.2) is 29.9 Å². The van der Waals surface area contributed by atoms with Gasteiger partial charge in [0.1, 0.15) is 0 Å². The molecule has 0 atom stereocenters. The molecule has 0 N–H and O–H groups in total. The Kier molecular flexibility index (Phi) is 26.0. The molecule has 0 saturated heterocycles. The number of aromatic nitrogens is 6. The lowest BCUT2D eigenvalue weighted by Crippen LogP contribution is -2.25. The second-order valence-electron chi connectivity index (χ2n) is 27.3. The van der Waals surface area contributed by atoms with Gasteiger partial charge in [0, 0.05) is 42.0 Å². The van der Waals surface area contributed by atoms with Gasteiger partial charge >= 0.3 is 0 Å². The fraction of sp³-hybridized carbons (Fsp3) is 0.500. The minimum Gasteiger partial charge on any atom is -0.208 e. The Balaban J connectivity index is 1.13. The predicted molar refractivity (Wildman–Crippen MR) is 397 cm³/mol. The zero-order valence-electron chi connectivity index (χ0n) is 57.0. The summed E-state index contributed by atoms with van der Waals surface area (Å²) in [5.74, 6) is 3.39. The van der Waals surface area contributed by atoms with Crippen molar-refractivity contribution in [1.82, 2.24) is 29.9 Å². The third-order valence-corrected chi connectivity index (χ3v) is 21.5. The minimum atomic E-state index is -0.133. The second-order valence-corrected chi connectivity index (χ2v) is 29.2. The number of benzene rings is 6. The van der Waals surface area contributed by atoms with Gasteiger partial charge in [-0.05, 0) is 143 Å². The van der Waals surface area contributed by atoms with Crippen molar-refractivity contribution < 1.29 is 0 Å². The lowest BCUT2D eigenvalue weighted by molar-refractivity contribution is 0.398. The molecule has 6 aromatic carbocycles. The van der Waals surface area contributed by atoms with Gasteiger partial charge in [-0.15, -0.1) is 0 Å². The Morgan fingerprint density at radius 1 is 0.250 bits per heavy atom. The van der Waals surface area contributed by atoms with Gasteiger partial charge in [-0.1, -0.05) is 325 Å². The number of hydrogen-bond donors (Lipinski definition) is 0. The van der Waals surface area contributed by atoms with Crippen LogP contribution in [0.25, 0.3) is 79.5 Å². The van der Waals surface area contributed by atoms with E-state index in [9.17, 15) is 0 Å². The van der Waals surface area contributed by atoms with E-state index in [1.165, 1.54) is 210 Å². The van der Waals surface area contributed by atoms with Gasteiger partial charge in [0.25, 0.3) is 0 Å². The van der Waals surface area contributed by atoms with E-state index in [4.69, 9.17) is 29.9 Å². The highest BCUT2D eigenvalue weighted by atomic mass is 79.9. The molecule has 2 aliphatic rings. The lowest BCUT2D eigenvalue weighted by Gasteiger charge is -2.33. The molecule has 486 valence electrons. The van der Waals surface area contributed by atoms with Crippen LogP contribution in [0.2, 0.25) is 0 Å². The van der Waals surface area contributed by atoms with Crippen LogP contribution in [-0.4, -0.2) is 29.9 Å². The van der Waals surface area contributed by atoms with Gasteiger partial charge in [0.2, 0.25) is 11.6 Å². The molecule has 2 aromatic heterocycles. The first-order chi connectivity index (χ1) is 45.1. The SMILES string of the molecule is CCCCCCCCC1(CCCCCCCC)c2cc(Br)ccc2-c2ccc(-c3nc(-c4ccc(CCCC)cc4)nc(-c4nc(-c5ccc(CCCC)cc5)nc(-c5ccc6c(c5)C(CCCCCCCC)(CCCCCCCC)c5cc(Br)ccc5-6)n4)n3)cc21. The molecule has 2 aliphatic carbocycles. The average molecular weight is 1360 g/mol. The summed E-state index contributed by atoms with van der Waals surface area (Å²) >= 11 is 7.96. The van der Waals surface area contributed by atoms with Crippen LogP contribution in [0.15, 0.2) is 130 Å². The Morgan fingerprint density at radius 3 is 0.815 bits per heavy atom. The molecule has 0 bridgehead atoms. The van der Waals surface area contributed by atoms with Crippen molar-refractivity contribution in [1.29, 1.82) is 0 Å². The summed E-state index contributed by atoms with van der Waals surface area (Å²) < 4.78 is 2.30. The highest BCUT2D eigenvalue weighted by molar-refractivity contribution is 9.10. The maximum absolute atomic E-state index is 5.57. The van der Waals surface area contributed by atoms with Crippen LogP contribution in [-0.2, 0) is 23.7 Å². The molecular formula is C84H106Br2N6. The quantitative estimate of drug-likeness (QED) is 0.0357. The fourth-order valence-corrected chi connectivity index (χ4v) is 16.0. The Bertz CT molecular complexity index is 3360. The van der Waals surface area contributed by atoms with Crippen LogP contribution in [0.3, 0.4) is 0 Å². The molecule has 0 spiro atoms. The summed E-state index contributed by atoms with van der Waals surface area (Å²) in [7, 11) is 0. The van der Waals surface area contributed by atoms with E-state index in [0.717, 1.165) is 95.4 Å². The summed E-state index contributed by atoms with van der Waals surface area (Å²) in [4.78, 5) is 33.0. The van der Waals surface area contributed by atoms with Gasteiger partial charge in [0.05, 0.1) is 0 Å². The molecule has 0 radical (unpaired) electrons. The van der Waals surface area contributed by atoms with Crippen molar-refractivity contribution in [2.24, 2.45) is 0 Å². The number of hydrogen-bond acceptors (Lipinski definition) is 6. The lowest BCUT2D eigenvalue weighted by atomic mass is 9.70. The molecule has 0 fully saturated rings. The van der Waals surface area contributed by atoms with Crippen molar-refractivity contribution in [3.63, 3.8) is 0 Å². The van der Waals surface area contributed by atoms with E-state index < -0.39 is 0 Å². The highest BCUT2D eigenvalue weighted by Gasteiger charge is 2.44. The summed E-state index contributed by atoms with van der Waals surface area (Å²) in [5.41, 5.74) is 17.4. The van der Waals surface area contributed by atoms with Crippen molar-refractivity contribution in [2.75, 3.05) is 0 Å².